The van der Waals surface area contributed by atoms with Crippen LogP contribution in [0.4, 0.5) is 0 Å². The minimum absolute atomic E-state index is 0.00665. The summed E-state index contributed by atoms with van der Waals surface area (Å²) in [5.41, 5.74) is 1.90. The standard InChI is InChI=1S/C18H23NO2/c1-11-16-17(21)14-6-5-13(20)9-15(14)18(11,2)7-8-19(16)10-12-3-4-12/h5-6,9,11-12,16,20H,3-4,7-8,10H2,1-2H3/t11?,16-,18+/m0/s1. The molecule has 1 aliphatic heterocycles. The van der Waals surface area contributed by atoms with Crippen molar-refractivity contribution in [1.82, 2.24) is 4.90 Å². The molecule has 2 aliphatic carbocycles. The summed E-state index contributed by atoms with van der Waals surface area (Å²) in [4.78, 5) is 15.4. The van der Waals surface area contributed by atoms with E-state index in [2.05, 4.69) is 18.7 Å². The predicted octanol–water partition coefficient (Wildman–Crippen LogP) is 2.97. The average molecular weight is 285 g/mol. The Morgan fingerprint density at radius 2 is 2.14 bits per heavy atom. The van der Waals surface area contributed by atoms with Crippen LogP contribution in [0.25, 0.3) is 0 Å². The molecule has 3 heteroatoms. The summed E-state index contributed by atoms with van der Waals surface area (Å²) in [7, 11) is 0. The van der Waals surface area contributed by atoms with Gasteiger partial charge in [0.2, 0.25) is 0 Å². The summed E-state index contributed by atoms with van der Waals surface area (Å²) < 4.78 is 0. The molecule has 1 heterocycles. The number of carbonyl (C=O) groups excluding carboxylic acids is 1. The van der Waals surface area contributed by atoms with Crippen molar-refractivity contribution in [3.63, 3.8) is 0 Å². The summed E-state index contributed by atoms with van der Waals surface area (Å²) in [5, 5.41) is 9.83. The third-order valence-corrected chi connectivity index (χ3v) is 6.13. The van der Waals surface area contributed by atoms with E-state index in [-0.39, 0.29) is 23.0 Å². The Labute approximate surface area is 126 Å². The molecule has 3 atom stereocenters. The number of carbonyl (C=O) groups is 1. The number of rotatable bonds is 2. The Bertz CT molecular complexity index is 607. The van der Waals surface area contributed by atoms with Gasteiger partial charge in [-0.1, -0.05) is 13.8 Å². The zero-order valence-corrected chi connectivity index (χ0v) is 12.8. The molecule has 0 aromatic heterocycles. The summed E-state index contributed by atoms with van der Waals surface area (Å²) >= 11 is 0. The van der Waals surface area contributed by atoms with Gasteiger partial charge in [0.25, 0.3) is 0 Å². The first-order valence-corrected chi connectivity index (χ1v) is 8.12. The van der Waals surface area contributed by atoms with Crippen molar-refractivity contribution < 1.29 is 9.90 Å². The van der Waals surface area contributed by atoms with E-state index in [1.807, 2.05) is 12.1 Å². The first kappa shape index (κ1) is 13.3. The lowest BCUT2D eigenvalue weighted by Crippen LogP contribution is -2.61. The number of piperidine rings is 1. The Kier molecular flexibility index (Phi) is 2.74. The van der Waals surface area contributed by atoms with Crippen molar-refractivity contribution in [3.05, 3.63) is 29.3 Å². The van der Waals surface area contributed by atoms with Crippen molar-refractivity contribution in [3.8, 4) is 5.75 Å². The first-order valence-electron chi connectivity index (χ1n) is 8.12. The molecule has 1 aromatic carbocycles. The number of nitrogens with zero attached hydrogens (tertiary/aromatic N) is 1. The molecule has 1 saturated carbocycles. The number of hydrogen-bond acceptors (Lipinski definition) is 3. The van der Waals surface area contributed by atoms with Crippen molar-refractivity contribution in [2.24, 2.45) is 11.8 Å². The minimum Gasteiger partial charge on any atom is -0.508 e. The Balaban J connectivity index is 1.79. The van der Waals surface area contributed by atoms with Crippen molar-refractivity contribution in [1.29, 1.82) is 0 Å². The van der Waals surface area contributed by atoms with Crippen LogP contribution in [0.15, 0.2) is 18.2 Å². The number of aromatic hydroxyl groups is 1. The molecule has 3 aliphatic rings. The van der Waals surface area contributed by atoms with Gasteiger partial charge in [-0.15, -0.1) is 0 Å². The zero-order valence-electron chi connectivity index (χ0n) is 12.8. The molecular weight excluding hydrogens is 262 g/mol. The van der Waals surface area contributed by atoms with Gasteiger partial charge >= 0.3 is 0 Å². The second kappa shape index (κ2) is 4.33. The molecule has 1 saturated heterocycles. The zero-order chi connectivity index (χ0) is 14.8. The van der Waals surface area contributed by atoms with Crippen LogP contribution in [0.5, 0.6) is 5.75 Å². The molecule has 112 valence electrons. The predicted molar refractivity (Wildman–Crippen MR) is 81.7 cm³/mol. The highest BCUT2D eigenvalue weighted by Gasteiger charge is 2.52. The van der Waals surface area contributed by atoms with E-state index in [1.165, 1.54) is 12.8 Å². The Morgan fingerprint density at radius 1 is 1.38 bits per heavy atom. The van der Waals surface area contributed by atoms with E-state index < -0.39 is 0 Å². The number of likely N-dealkylation sites (tertiary alicyclic amines) is 1. The number of phenolic OH excluding ortho intramolecular Hbond substituents is 1. The third kappa shape index (κ3) is 1.87. The first-order chi connectivity index (χ1) is 10.0. The van der Waals surface area contributed by atoms with E-state index in [4.69, 9.17) is 0 Å². The molecule has 4 rings (SSSR count). The maximum absolute atomic E-state index is 13.0. The maximum atomic E-state index is 13.0. The average Bonchev–Trinajstić information content (AvgIpc) is 3.25. The quantitative estimate of drug-likeness (QED) is 0.908. The van der Waals surface area contributed by atoms with Crippen LogP contribution in [0.1, 0.15) is 49.0 Å². The van der Waals surface area contributed by atoms with Gasteiger partial charge in [0.1, 0.15) is 5.75 Å². The van der Waals surface area contributed by atoms with Crippen molar-refractivity contribution in [2.45, 2.75) is 44.6 Å². The van der Waals surface area contributed by atoms with Gasteiger partial charge in [-0.3, -0.25) is 9.69 Å². The number of ketones is 1. The fraction of sp³-hybridized carbons (Fsp3) is 0.611. The Morgan fingerprint density at radius 3 is 2.86 bits per heavy atom. The lowest BCUT2D eigenvalue weighted by atomic mass is 9.58. The van der Waals surface area contributed by atoms with E-state index in [0.29, 0.717) is 5.92 Å². The second-order valence-electron chi connectivity index (χ2n) is 7.43. The summed E-state index contributed by atoms with van der Waals surface area (Å²) in [6.45, 7) is 6.57. The van der Waals surface area contributed by atoms with Gasteiger partial charge in [0.15, 0.2) is 5.78 Å². The van der Waals surface area contributed by atoms with E-state index in [0.717, 1.165) is 36.6 Å². The molecular formula is C18H23NO2. The highest BCUT2D eigenvalue weighted by Crippen LogP contribution is 2.49. The molecule has 1 aromatic rings. The SMILES string of the molecule is CC1[C@H]2C(=O)c3ccc(O)cc3[C@]1(C)CCN2CC1CC1. The third-order valence-electron chi connectivity index (χ3n) is 6.13. The van der Waals surface area contributed by atoms with Crippen molar-refractivity contribution >= 4 is 5.78 Å². The second-order valence-corrected chi connectivity index (χ2v) is 7.43. The van der Waals surface area contributed by atoms with Gasteiger partial charge in [0, 0.05) is 12.1 Å². The molecule has 1 unspecified atom stereocenters. The smallest absolute Gasteiger partial charge is 0.180 e. The number of benzene rings is 1. The maximum Gasteiger partial charge on any atom is 0.180 e. The lowest BCUT2D eigenvalue weighted by molar-refractivity contribution is 0.0265. The van der Waals surface area contributed by atoms with E-state index in [1.54, 1.807) is 6.07 Å². The number of phenols is 1. The topological polar surface area (TPSA) is 40.5 Å². The van der Waals surface area contributed by atoms with Crippen LogP contribution < -0.4 is 0 Å². The summed E-state index contributed by atoms with van der Waals surface area (Å²) in [6, 6.07) is 5.32. The monoisotopic (exact) mass is 285 g/mol. The van der Waals surface area contributed by atoms with Gasteiger partial charge in [-0.05, 0) is 66.8 Å². The molecule has 2 bridgehead atoms. The van der Waals surface area contributed by atoms with Crippen LogP contribution in [-0.2, 0) is 5.41 Å². The molecule has 21 heavy (non-hydrogen) atoms. The molecule has 3 nitrogen and oxygen atoms in total. The largest absolute Gasteiger partial charge is 0.508 e. The fourth-order valence-corrected chi connectivity index (χ4v) is 4.40. The molecule has 2 fully saturated rings. The summed E-state index contributed by atoms with van der Waals surface area (Å²) in [6.07, 6.45) is 3.72. The molecule has 0 amide bonds. The van der Waals surface area contributed by atoms with Crippen LogP contribution in [0.2, 0.25) is 0 Å². The molecule has 0 spiro atoms. The number of fused-ring (bicyclic) bond motifs is 4. The normalized spacial score (nSPS) is 35.6. The summed E-state index contributed by atoms with van der Waals surface area (Å²) in [5.74, 6) is 1.66. The van der Waals surface area contributed by atoms with Gasteiger partial charge in [-0.25, -0.2) is 0 Å². The van der Waals surface area contributed by atoms with Crippen LogP contribution in [0, 0.1) is 11.8 Å². The Hall–Kier alpha value is -1.35. The van der Waals surface area contributed by atoms with Crippen molar-refractivity contribution in [2.75, 3.05) is 13.1 Å². The van der Waals surface area contributed by atoms with Crippen LogP contribution in [-0.4, -0.2) is 34.9 Å². The van der Waals surface area contributed by atoms with Gasteiger partial charge in [0.05, 0.1) is 6.04 Å². The lowest BCUT2D eigenvalue weighted by Gasteiger charge is -2.53. The number of Topliss-reactive ketones (excluding diaryl/α,β-unsaturated/α-hetero) is 1. The van der Waals surface area contributed by atoms with Gasteiger partial charge < -0.3 is 5.11 Å². The van der Waals surface area contributed by atoms with Crippen LogP contribution >= 0.6 is 0 Å². The molecule has 0 radical (unpaired) electrons. The van der Waals surface area contributed by atoms with Crippen LogP contribution in [0.3, 0.4) is 0 Å². The fourth-order valence-electron chi connectivity index (χ4n) is 4.40. The van der Waals surface area contributed by atoms with E-state index >= 15 is 0 Å². The van der Waals surface area contributed by atoms with E-state index in [9.17, 15) is 9.90 Å². The number of hydrogen-bond donors (Lipinski definition) is 1. The minimum atomic E-state index is 0.00665. The highest BCUT2D eigenvalue weighted by molar-refractivity contribution is 6.03. The van der Waals surface area contributed by atoms with Gasteiger partial charge in [-0.2, -0.15) is 0 Å². The molecule has 1 N–H and O–H groups in total. The highest BCUT2D eigenvalue weighted by atomic mass is 16.3.